The van der Waals surface area contributed by atoms with Crippen LogP contribution in [0.3, 0.4) is 0 Å². The van der Waals surface area contributed by atoms with Crippen LogP contribution in [0.25, 0.3) is 0 Å². The predicted octanol–water partition coefficient (Wildman–Crippen LogP) is 2.97. The second kappa shape index (κ2) is 5.18. The molecule has 0 unspecified atom stereocenters. The molecule has 1 aromatic carbocycles. The molecule has 0 saturated carbocycles. The lowest BCUT2D eigenvalue weighted by atomic mass is 10.2. The summed E-state index contributed by atoms with van der Waals surface area (Å²) < 4.78 is 22.7. The van der Waals surface area contributed by atoms with Crippen LogP contribution in [0.1, 0.15) is 12.5 Å². The van der Waals surface area contributed by atoms with Crippen LogP contribution in [0.5, 0.6) is 0 Å². The minimum absolute atomic E-state index is 0.0103. The van der Waals surface area contributed by atoms with Gasteiger partial charge in [0.25, 0.3) is 5.69 Å². The van der Waals surface area contributed by atoms with Gasteiger partial charge in [0.1, 0.15) is 0 Å². The maximum absolute atomic E-state index is 12.2. The largest absolute Gasteiger partial charge is 0.335 e. The average Bonchev–Trinajstić information content (AvgIpc) is 2.34. The summed E-state index contributed by atoms with van der Waals surface area (Å²) in [4.78, 5) is 10.0. The predicted molar refractivity (Wildman–Crippen MR) is 65.5 cm³/mol. The Morgan fingerprint density at radius 3 is 2.39 bits per heavy atom. The second-order valence-electron chi connectivity index (χ2n) is 4.39. The number of hydrogen-bond acceptors (Lipinski definition) is 5. The third-order valence-corrected chi connectivity index (χ3v) is 4.47. The number of hydrogen-bond donors (Lipinski definition) is 0. The minimum atomic E-state index is -3.08. The molecule has 18 heavy (non-hydrogen) atoms. The molecule has 1 aliphatic heterocycles. The maximum atomic E-state index is 12.2. The van der Waals surface area contributed by atoms with Crippen LogP contribution in [0.15, 0.2) is 24.3 Å². The zero-order chi connectivity index (χ0) is 13.2. The van der Waals surface area contributed by atoms with E-state index < -0.39 is 12.5 Å². The van der Waals surface area contributed by atoms with Crippen molar-refractivity contribution in [3.05, 3.63) is 39.9 Å². The van der Waals surface area contributed by atoms with Crippen LogP contribution >= 0.6 is 7.60 Å². The summed E-state index contributed by atoms with van der Waals surface area (Å²) in [5, 5.41) is 10.5. The summed E-state index contributed by atoms with van der Waals surface area (Å²) in [5.74, 6) is 0.240. The number of nitro benzene ring substituents is 1. The summed E-state index contributed by atoms with van der Waals surface area (Å²) >= 11 is 0. The van der Waals surface area contributed by atoms with Crippen LogP contribution in [-0.4, -0.2) is 18.1 Å². The summed E-state index contributed by atoms with van der Waals surface area (Å²) in [7, 11) is -3.08. The summed E-state index contributed by atoms with van der Waals surface area (Å²) in [6.07, 6.45) is 0.151. The fourth-order valence-corrected chi connectivity index (χ4v) is 3.48. The number of nitrogens with zero attached hydrogens (tertiary/aromatic N) is 1. The Morgan fingerprint density at radius 2 is 1.89 bits per heavy atom. The van der Waals surface area contributed by atoms with Gasteiger partial charge in [0.15, 0.2) is 0 Å². The first-order valence-corrected chi connectivity index (χ1v) is 7.33. The third kappa shape index (κ3) is 3.16. The van der Waals surface area contributed by atoms with Gasteiger partial charge in [0.2, 0.25) is 0 Å². The molecule has 0 amide bonds. The Labute approximate surface area is 105 Å². The molecule has 0 bridgehead atoms. The maximum Gasteiger partial charge on any atom is 0.335 e. The number of non-ortho nitro benzene ring substituents is 1. The highest BCUT2D eigenvalue weighted by Crippen LogP contribution is 2.54. The van der Waals surface area contributed by atoms with E-state index in [0.29, 0.717) is 18.8 Å². The van der Waals surface area contributed by atoms with Crippen molar-refractivity contribution < 1.29 is 18.5 Å². The van der Waals surface area contributed by atoms with Gasteiger partial charge in [0, 0.05) is 18.1 Å². The van der Waals surface area contributed by atoms with Gasteiger partial charge >= 0.3 is 7.60 Å². The average molecular weight is 271 g/mol. The summed E-state index contributed by atoms with van der Waals surface area (Å²) in [6, 6.07) is 5.91. The van der Waals surface area contributed by atoms with Gasteiger partial charge in [0.05, 0.1) is 24.3 Å². The molecular weight excluding hydrogens is 257 g/mol. The molecule has 1 aliphatic rings. The monoisotopic (exact) mass is 271 g/mol. The van der Waals surface area contributed by atoms with E-state index in [-0.39, 0.29) is 17.8 Å². The molecular formula is C11H14NO5P. The van der Waals surface area contributed by atoms with Crippen molar-refractivity contribution in [3.63, 3.8) is 0 Å². The lowest BCUT2D eigenvalue weighted by Gasteiger charge is -2.26. The van der Waals surface area contributed by atoms with E-state index in [1.54, 1.807) is 12.1 Å². The van der Waals surface area contributed by atoms with E-state index in [1.807, 2.05) is 6.92 Å². The van der Waals surface area contributed by atoms with E-state index >= 15 is 0 Å². The number of benzene rings is 1. The molecule has 6 nitrogen and oxygen atoms in total. The summed E-state index contributed by atoms with van der Waals surface area (Å²) in [5.41, 5.74) is 0.717. The Bertz CT molecular complexity index is 475. The molecule has 1 heterocycles. The van der Waals surface area contributed by atoms with Crippen molar-refractivity contribution >= 4 is 13.3 Å². The van der Waals surface area contributed by atoms with Gasteiger partial charge < -0.3 is 9.05 Å². The Kier molecular flexibility index (Phi) is 3.80. The fourth-order valence-electron chi connectivity index (χ4n) is 1.60. The second-order valence-corrected chi connectivity index (χ2v) is 6.44. The van der Waals surface area contributed by atoms with Crippen molar-refractivity contribution in [3.8, 4) is 0 Å². The topological polar surface area (TPSA) is 78.7 Å². The molecule has 0 N–H and O–H groups in total. The van der Waals surface area contributed by atoms with Crippen LogP contribution in [0.4, 0.5) is 5.69 Å². The molecule has 1 aromatic rings. The van der Waals surface area contributed by atoms with Crippen molar-refractivity contribution in [1.29, 1.82) is 0 Å². The Hall–Kier alpha value is -1.23. The first kappa shape index (κ1) is 13.2. The highest BCUT2D eigenvalue weighted by Gasteiger charge is 2.31. The molecule has 1 saturated heterocycles. The van der Waals surface area contributed by atoms with Crippen LogP contribution < -0.4 is 0 Å². The zero-order valence-electron chi connectivity index (χ0n) is 9.94. The SMILES string of the molecule is CC1COP(=O)(Cc2ccc([N+](=O)[O-])cc2)OC1. The van der Waals surface area contributed by atoms with E-state index in [9.17, 15) is 14.7 Å². The van der Waals surface area contributed by atoms with Gasteiger partial charge in [-0.2, -0.15) is 0 Å². The molecule has 1 fully saturated rings. The number of rotatable bonds is 3. The van der Waals surface area contributed by atoms with Crippen LogP contribution in [0.2, 0.25) is 0 Å². The highest BCUT2D eigenvalue weighted by molar-refractivity contribution is 7.53. The number of nitro groups is 1. The molecule has 0 spiro atoms. The van der Waals surface area contributed by atoms with Gasteiger partial charge in [-0.1, -0.05) is 19.1 Å². The van der Waals surface area contributed by atoms with Crippen molar-refractivity contribution in [2.45, 2.75) is 13.1 Å². The first-order valence-electron chi connectivity index (χ1n) is 5.60. The van der Waals surface area contributed by atoms with E-state index in [0.717, 1.165) is 0 Å². The minimum Gasteiger partial charge on any atom is -0.308 e. The molecule has 0 atom stereocenters. The van der Waals surface area contributed by atoms with E-state index in [2.05, 4.69) is 0 Å². The molecule has 0 radical (unpaired) electrons. The van der Waals surface area contributed by atoms with Crippen LogP contribution in [-0.2, 0) is 19.8 Å². The normalized spacial score (nSPS) is 27.9. The smallest absolute Gasteiger partial charge is 0.308 e. The van der Waals surface area contributed by atoms with Crippen LogP contribution in [0, 0.1) is 16.0 Å². The Balaban J connectivity index is 2.05. The quantitative estimate of drug-likeness (QED) is 0.479. The molecule has 98 valence electrons. The van der Waals surface area contributed by atoms with Crippen molar-refractivity contribution in [2.24, 2.45) is 5.92 Å². The lowest BCUT2D eigenvalue weighted by molar-refractivity contribution is -0.384. The molecule has 2 rings (SSSR count). The molecule has 0 aromatic heterocycles. The zero-order valence-corrected chi connectivity index (χ0v) is 10.8. The fraction of sp³-hybridized carbons (Fsp3) is 0.455. The third-order valence-electron chi connectivity index (χ3n) is 2.63. The summed E-state index contributed by atoms with van der Waals surface area (Å²) in [6.45, 7) is 2.80. The van der Waals surface area contributed by atoms with Gasteiger partial charge in [-0.05, 0) is 5.56 Å². The first-order chi connectivity index (χ1) is 8.48. The molecule has 7 heteroatoms. The van der Waals surface area contributed by atoms with E-state index in [4.69, 9.17) is 9.05 Å². The Morgan fingerprint density at radius 1 is 1.33 bits per heavy atom. The van der Waals surface area contributed by atoms with Crippen molar-refractivity contribution in [2.75, 3.05) is 13.2 Å². The van der Waals surface area contributed by atoms with Crippen molar-refractivity contribution in [1.82, 2.24) is 0 Å². The van der Waals surface area contributed by atoms with Gasteiger partial charge in [-0.3, -0.25) is 14.7 Å². The van der Waals surface area contributed by atoms with Gasteiger partial charge in [-0.15, -0.1) is 0 Å². The lowest BCUT2D eigenvalue weighted by Crippen LogP contribution is -2.18. The van der Waals surface area contributed by atoms with E-state index in [1.165, 1.54) is 12.1 Å². The van der Waals surface area contributed by atoms with Gasteiger partial charge in [-0.25, -0.2) is 0 Å². The molecule has 0 aliphatic carbocycles. The standard InChI is InChI=1S/C11H14NO5P/c1-9-6-16-18(15,17-7-9)8-10-2-4-11(5-3-10)12(13)14/h2-5,9H,6-8H2,1H3. The highest BCUT2D eigenvalue weighted by atomic mass is 31.2.